The highest BCUT2D eigenvalue weighted by Gasteiger charge is 2.24. The molecule has 2 atom stereocenters. The molecule has 1 N–H and O–H groups in total. The quantitative estimate of drug-likeness (QED) is 0.683. The molecular weight excluding hydrogens is 304 g/mol. The molecule has 0 saturated heterocycles. The zero-order valence-corrected chi connectivity index (χ0v) is 14.1. The fraction of sp³-hybridized carbons (Fsp3) is 0.474. The lowest BCUT2D eigenvalue weighted by Crippen LogP contribution is -2.41. The molecule has 126 valence electrons. The maximum atomic E-state index is 12.5. The third-order valence-electron chi connectivity index (χ3n) is 4.85. The van der Waals surface area contributed by atoms with E-state index in [2.05, 4.69) is 12.2 Å². The van der Waals surface area contributed by atoms with Crippen LogP contribution >= 0.6 is 0 Å². The standard InChI is InChI=1S/C19H22N2O3/c1-12-5-3-4-6-16(12)21-19(22)15(10-20)8-14-9-18-17(7-13(14)2)23-11-24-18/h7-9,12,16H,3-6,11H2,1-2H3,(H,21,22)/b15-8+/t12-,16+/m0/s1. The number of nitrogens with zero attached hydrogens (tertiary/aromatic N) is 1. The predicted molar refractivity (Wildman–Crippen MR) is 90.5 cm³/mol. The molecule has 2 aliphatic rings. The van der Waals surface area contributed by atoms with E-state index in [1.165, 1.54) is 6.42 Å². The minimum atomic E-state index is -0.298. The van der Waals surface area contributed by atoms with Gasteiger partial charge in [-0.05, 0) is 55.0 Å². The van der Waals surface area contributed by atoms with Crippen LogP contribution in [0.5, 0.6) is 11.5 Å². The number of rotatable bonds is 3. The van der Waals surface area contributed by atoms with Crippen molar-refractivity contribution in [3.05, 3.63) is 28.8 Å². The van der Waals surface area contributed by atoms with Crippen molar-refractivity contribution in [1.82, 2.24) is 5.32 Å². The summed E-state index contributed by atoms with van der Waals surface area (Å²) in [5.41, 5.74) is 1.85. The van der Waals surface area contributed by atoms with Crippen molar-refractivity contribution in [2.45, 2.75) is 45.6 Å². The fourth-order valence-electron chi connectivity index (χ4n) is 3.30. The van der Waals surface area contributed by atoms with Crippen molar-refractivity contribution in [3.63, 3.8) is 0 Å². The molecule has 0 radical (unpaired) electrons. The summed E-state index contributed by atoms with van der Waals surface area (Å²) in [6.45, 7) is 4.28. The Balaban J connectivity index is 1.79. The Hall–Kier alpha value is -2.48. The normalized spacial score (nSPS) is 22.8. The molecule has 24 heavy (non-hydrogen) atoms. The first kappa shape index (κ1) is 16.4. The van der Waals surface area contributed by atoms with Gasteiger partial charge in [-0.2, -0.15) is 5.26 Å². The van der Waals surface area contributed by atoms with Crippen molar-refractivity contribution in [2.75, 3.05) is 6.79 Å². The lowest BCUT2D eigenvalue weighted by molar-refractivity contribution is -0.118. The lowest BCUT2D eigenvalue weighted by Gasteiger charge is -2.29. The molecule has 1 aliphatic heterocycles. The number of carbonyl (C=O) groups excluding carboxylic acids is 1. The molecule has 0 aromatic heterocycles. The Bertz CT molecular complexity index is 718. The van der Waals surface area contributed by atoms with Crippen molar-refractivity contribution >= 4 is 12.0 Å². The highest BCUT2D eigenvalue weighted by Crippen LogP contribution is 2.35. The van der Waals surface area contributed by atoms with Gasteiger partial charge in [0.1, 0.15) is 11.6 Å². The Morgan fingerprint density at radius 1 is 1.29 bits per heavy atom. The molecule has 0 unspecified atom stereocenters. The minimum Gasteiger partial charge on any atom is -0.454 e. The number of benzene rings is 1. The van der Waals surface area contributed by atoms with Gasteiger partial charge in [0.15, 0.2) is 11.5 Å². The molecule has 1 saturated carbocycles. The number of amides is 1. The molecular formula is C19H22N2O3. The maximum absolute atomic E-state index is 12.5. The number of aryl methyl sites for hydroxylation is 1. The summed E-state index contributed by atoms with van der Waals surface area (Å²) < 4.78 is 10.7. The van der Waals surface area contributed by atoms with Crippen LogP contribution in [-0.4, -0.2) is 18.7 Å². The van der Waals surface area contributed by atoms with E-state index < -0.39 is 0 Å². The number of ether oxygens (including phenoxy) is 2. The van der Waals surface area contributed by atoms with Gasteiger partial charge < -0.3 is 14.8 Å². The second-order valence-electron chi connectivity index (χ2n) is 6.57. The summed E-state index contributed by atoms with van der Waals surface area (Å²) in [6.07, 6.45) is 6.07. The first-order chi connectivity index (χ1) is 11.6. The van der Waals surface area contributed by atoms with Gasteiger partial charge in [0.05, 0.1) is 0 Å². The molecule has 0 bridgehead atoms. The zero-order valence-electron chi connectivity index (χ0n) is 14.1. The molecule has 1 fully saturated rings. The van der Waals surface area contributed by atoms with Crippen LogP contribution in [0.25, 0.3) is 6.08 Å². The Morgan fingerprint density at radius 2 is 2.00 bits per heavy atom. The average molecular weight is 326 g/mol. The fourth-order valence-corrected chi connectivity index (χ4v) is 3.30. The topological polar surface area (TPSA) is 71.4 Å². The first-order valence-electron chi connectivity index (χ1n) is 8.41. The number of hydrogen-bond acceptors (Lipinski definition) is 4. The smallest absolute Gasteiger partial charge is 0.262 e. The summed E-state index contributed by atoms with van der Waals surface area (Å²) in [6, 6.07) is 5.86. The number of hydrogen-bond donors (Lipinski definition) is 1. The van der Waals surface area contributed by atoms with Gasteiger partial charge in [-0.15, -0.1) is 0 Å². The summed E-state index contributed by atoms with van der Waals surface area (Å²) in [5.74, 6) is 1.50. The van der Waals surface area contributed by atoms with Crippen LogP contribution in [0.15, 0.2) is 17.7 Å². The highest BCUT2D eigenvalue weighted by atomic mass is 16.7. The van der Waals surface area contributed by atoms with Crippen molar-refractivity contribution < 1.29 is 14.3 Å². The summed E-state index contributed by atoms with van der Waals surface area (Å²) >= 11 is 0. The average Bonchev–Trinajstić information content (AvgIpc) is 3.01. The zero-order chi connectivity index (χ0) is 17.1. The van der Waals surface area contributed by atoms with Gasteiger partial charge in [0.25, 0.3) is 5.91 Å². The van der Waals surface area contributed by atoms with E-state index in [1.54, 1.807) is 6.08 Å². The first-order valence-corrected chi connectivity index (χ1v) is 8.41. The number of fused-ring (bicyclic) bond motifs is 1. The summed E-state index contributed by atoms with van der Waals surface area (Å²) in [5, 5.41) is 12.4. The summed E-state index contributed by atoms with van der Waals surface area (Å²) in [4.78, 5) is 12.5. The number of nitrogens with one attached hydrogen (secondary N) is 1. The van der Waals surface area contributed by atoms with Gasteiger partial charge in [-0.1, -0.05) is 19.8 Å². The third-order valence-corrected chi connectivity index (χ3v) is 4.85. The molecule has 1 aliphatic carbocycles. The van der Waals surface area contributed by atoms with E-state index in [0.717, 1.165) is 30.4 Å². The molecule has 5 heteroatoms. The van der Waals surface area contributed by atoms with E-state index in [4.69, 9.17) is 9.47 Å². The number of nitriles is 1. The number of carbonyl (C=O) groups is 1. The predicted octanol–water partition coefficient (Wildman–Crippen LogP) is 3.33. The van der Waals surface area contributed by atoms with Crippen molar-refractivity contribution in [3.8, 4) is 17.6 Å². The molecule has 1 amide bonds. The van der Waals surface area contributed by atoms with Crippen LogP contribution in [0.2, 0.25) is 0 Å². The van der Waals surface area contributed by atoms with Crippen LogP contribution in [0.1, 0.15) is 43.7 Å². The molecule has 5 nitrogen and oxygen atoms in total. The SMILES string of the molecule is Cc1cc2c(cc1/C=C(\C#N)C(=O)N[C@@H]1CCCC[C@@H]1C)OCO2. The Morgan fingerprint density at radius 3 is 2.71 bits per heavy atom. The van der Waals surface area contributed by atoms with Crippen molar-refractivity contribution in [1.29, 1.82) is 5.26 Å². The third kappa shape index (κ3) is 3.38. The van der Waals surface area contributed by atoms with E-state index in [9.17, 15) is 10.1 Å². The van der Waals surface area contributed by atoms with Gasteiger partial charge in [0.2, 0.25) is 6.79 Å². The van der Waals surface area contributed by atoms with Gasteiger partial charge in [-0.3, -0.25) is 4.79 Å². The van der Waals surface area contributed by atoms with Gasteiger partial charge >= 0.3 is 0 Å². The van der Waals surface area contributed by atoms with E-state index in [1.807, 2.05) is 25.1 Å². The van der Waals surface area contributed by atoms with Crippen LogP contribution in [0.4, 0.5) is 0 Å². The van der Waals surface area contributed by atoms with E-state index >= 15 is 0 Å². The Labute approximate surface area is 142 Å². The molecule has 1 aromatic rings. The molecule has 3 rings (SSSR count). The van der Waals surface area contributed by atoms with E-state index in [0.29, 0.717) is 17.4 Å². The van der Waals surface area contributed by atoms with Crippen LogP contribution in [-0.2, 0) is 4.79 Å². The monoisotopic (exact) mass is 326 g/mol. The molecule has 1 heterocycles. The van der Waals surface area contributed by atoms with Crippen LogP contribution < -0.4 is 14.8 Å². The van der Waals surface area contributed by atoms with Gasteiger partial charge in [-0.25, -0.2) is 0 Å². The van der Waals surface area contributed by atoms with E-state index in [-0.39, 0.29) is 24.3 Å². The second kappa shape index (κ2) is 6.96. The van der Waals surface area contributed by atoms with Crippen molar-refractivity contribution in [2.24, 2.45) is 5.92 Å². The van der Waals surface area contributed by atoms with Crippen LogP contribution in [0.3, 0.4) is 0 Å². The van der Waals surface area contributed by atoms with Crippen LogP contribution in [0, 0.1) is 24.2 Å². The largest absolute Gasteiger partial charge is 0.454 e. The second-order valence-corrected chi connectivity index (χ2v) is 6.57. The molecule has 0 spiro atoms. The maximum Gasteiger partial charge on any atom is 0.262 e. The summed E-state index contributed by atoms with van der Waals surface area (Å²) in [7, 11) is 0. The van der Waals surface area contributed by atoms with Gasteiger partial charge in [0, 0.05) is 6.04 Å². The highest BCUT2D eigenvalue weighted by molar-refractivity contribution is 6.02. The minimum absolute atomic E-state index is 0.120. The Kier molecular flexibility index (Phi) is 4.75. The molecule has 1 aromatic carbocycles. The lowest BCUT2D eigenvalue weighted by atomic mass is 9.86.